The minimum absolute atomic E-state index is 0.589. The van der Waals surface area contributed by atoms with E-state index in [1.54, 1.807) is 0 Å². The summed E-state index contributed by atoms with van der Waals surface area (Å²) in [7, 11) is 0. The van der Waals surface area contributed by atoms with E-state index in [0.29, 0.717) is 6.10 Å². The van der Waals surface area contributed by atoms with Gasteiger partial charge in [-0.1, -0.05) is 52.4 Å². The summed E-state index contributed by atoms with van der Waals surface area (Å²) < 4.78 is 5.94. The van der Waals surface area contributed by atoms with E-state index in [1.807, 2.05) is 0 Å². The van der Waals surface area contributed by atoms with Gasteiger partial charge in [0.05, 0.1) is 6.10 Å². The van der Waals surface area contributed by atoms with E-state index in [9.17, 15) is 0 Å². The Balaban J connectivity index is 1.60. The predicted molar refractivity (Wildman–Crippen MR) is 91.6 cm³/mol. The highest BCUT2D eigenvalue weighted by molar-refractivity contribution is 4.82. The molecule has 0 aromatic heterocycles. The number of hydrogen-bond donors (Lipinski definition) is 0. The van der Waals surface area contributed by atoms with E-state index >= 15 is 0 Å². The zero-order valence-corrected chi connectivity index (χ0v) is 14.6. The van der Waals surface area contributed by atoms with Crippen molar-refractivity contribution in [3.8, 4) is 0 Å². The minimum Gasteiger partial charge on any atom is -0.378 e. The molecule has 0 amide bonds. The lowest BCUT2D eigenvalue weighted by Crippen LogP contribution is -2.28. The summed E-state index contributed by atoms with van der Waals surface area (Å²) in [5, 5.41) is 0. The molecule has 2 aliphatic rings. The molecule has 0 spiro atoms. The van der Waals surface area contributed by atoms with Crippen molar-refractivity contribution in [3.05, 3.63) is 0 Å². The molecule has 21 heavy (non-hydrogen) atoms. The minimum atomic E-state index is 0.589. The summed E-state index contributed by atoms with van der Waals surface area (Å²) in [6.07, 6.45) is 19.2. The molecule has 0 atom stereocenters. The Hall–Kier alpha value is -0.0400. The van der Waals surface area contributed by atoms with Crippen LogP contribution in [0.5, 0.6) is 0 Å². The first-order valence-corrected chi connectivity index (χ1v) is 9.95. The van der Waals surface area contributed by atoms with Crippen molar-refractivity contribution in [2.75, 3.05) is 6.61 Å². The molecule has 1 heteroatoms. The summed E-state index contributed by atoms with van der Waals surface area (Å²) in [6, 6.07) is 0. The summed E-state index contributed by atoms with van der Waals surface area (Å²) in [4.78, 5) is 0. The Bertz CT molecular complexity index is 247. The van der Waals surface area contributed by atoms with E-state index in [2.05, 4.69) is 13.8 Å². The summed E-state index contributed by atoms with van der Waals surface area (Å²) >= 11 is 0. The fourth-order valence-electron chi connectivity index (χ4n) is 4.64. The molecule has 124 valence electrons. The fourth-order valence-corrected chi connectivity index (χ4v) is 4.64. The quantitative estimate of drug-likeness (QED) is 0.473. The molecule has 1 nitrogen and oxygen atoms in total. The average molecular weight is 295 g/mol. The van der Waals surface area contributed by atoms with Crippen LogP contribution in [-0.4, -0.2) is 12.7 Å². The molecule has 0 radical (unpaired) electrons. The Morgan fingerprint density at radius 3 is 1.90 bits per heavy atom. The Kier molecular flexibility index (Phi) is 8.14. The first kappa shape index (κ1) is 17.3. The molecule has 2 rings (SSSR count). The third-order valence-electron chi connectivity index (χ3n) is 6.05. The van der Waals surface area contributed by atoms with Gasteiger partial charge in [0.25, 0.3) is 0 Å². The van der Waals surface area contributed by atoms with Crippen LogP contribution in [-0.2, 0) is 4.74 Å². The SMILES string of the molecule is CCCCC[C@H]1CC[C@H]([C@H]2CC[C@H](OCCC)CC2)CC1. The first-order valence-electron chi connectivity index (χ1n) is 9.95. The molecule has 0 aromatic rings. The van der Waals surface area contributed by atoms with Crippen LogP contribution in [0.2, 0.25) is 0 Å². The van der Waals surface area contributed by atoms with Crippen LogP contribution in [0, 0.1) is 17.8 Å². The van der Waals surface area contributed by atoms with Crippen molar-refractivity contribution in [2.24, 2.45) is 17.8 Å². The second-order valence-corrected chi connectivity index (χ2v) is 7.68. The van der Waals surface area contributed by atoms with Crippen molar-refractivity contribution in [2.45, 2.75) is 103 Å². The summed E-state index contributed by atoms with van der Waals surface area (Å²) in [5.41, 5.74) is 0. The van der Waals surface area contributed by atoms with Crippen molar-refractivity contribution in [3.63, 3.8) is 0 Å². The lowest BCUT2D eigenvalue weighted by Gasteiger charge is -2.37. The second-order valence-electron chi connectivity index (χ2n) is 7.68. The highest BCUT2D eigenvalue weighted by Gasteiger charge is 2.30. The predicted octanol–water partition coefficient (Wildman–Crippen LogP) is 6.36. The molecular formula is C20H38O. The standard InChI is InChI=1S/C20H38O/c1-3-5-6-7-17-8-10-18(11-9-17)19-12-14-20(15-13-19)21-16-4-2/h17-20H,3-16H2,1-2H3/t17-,18-,19-,20-. The number of ether oxygens (including phenoxy) is 1. The van der Waals surface area contributed by atoms with Gasteiger partial charge in [0.1, 0.15) is 0 Å². The molecule has 0 bridgehead atoms. The van der Waals surface area contributed by atoms with Crippen LogP contribution >= 0.6 is 0 Å². The van der Waals surface area contributed by atoms with E-state index in [-0.39, 0.29) is 0 Å². The van der Waals surface area contributed by atoms with Crippen LogP contribution in [0.4, 0.5) is 0 Å². The van der Waals surface area contributed by atoms with Crippen molar-refractivity contribution < 1.29 is 4.74 Å². The molecule has 0 N–H and O–H groups in total. The van der Waals surface area contributed by atoms with Gasteiger partial charge in [0, 0.05) is 6.61 Å². The molecular weight excluding hydrogens is 256 g/mol. The largest absolute Gasteiger partial charge is 0.378 e. The molecule has 0 aliphatic heterocycles. The lowest BCUT2D eigenvalue weighted by atomic mass is 9.70. The topological polar surface area (TPSA) is 9.23 Å². The summed E-state index contributed by atoms with van der Waals surface area (Å²) in [6.45, 7) is 5.50. The van der Waals surface area contributed by atoms with Crippen LogP contribution in [0.3, 0.4) is 0 Å². The third-order valence-corrected chi connectivity index (χ3v) is 6.05. The van der Waals surface area contributed by atoms with Crippen molar-refractivity contribution in [1.82, 2.24) is 0 Å². The van der Waals surface area contributed by atoms with Gasteiger partial charge in [-0.15, -0.1) is 0 Å². The fraction of sp³-hybridized carbons (Fsp3) is 1.00. The third kappa shape index (κ3) is 5.93. The maximum absolute atomic E-state index is 5.94. The first-order chi connectivity index (χ1) is 10.3. The Morgan fingerprint density at radius 2 is 1.33 bits per heavy atom. The van der Waals surface area contributed by atoms with Crippen molar-refractivity contribution >= 4 is 0 Å². The summed E-state index contributed by atoms with van der Waals surface area (Å²) in [5.74, 6) is 3.15. The van der Waals surface area contributed by atoms with Crippen LogP contribution in [0.25, 0.3) is 0 Å². The van der Waals surface area contributed by atoms with Crippen LogP contribution in [0.1, 0.15) is 97.3 Å². The van der Waals surface area contributed by atoms with Gasteiger partial charge < -0.3 is 4.74 Å². The van der Waals surface area contributed by atoms with Crippen molar-refractivity contribution in [1.29, 1.82) is 0 Å². The van der Waals surface area contributed by atoms with Gasteiger partial charge in [-0.25, -0.2) is 0 Å². The number of rotatable bonds is 8. The van der Waals surface area contributed by atoms with Gasteiger partial charge in [-0.3, -0.25) is 0 Å². The molecule has 0 heterocycles. The van der Waals surface area contributed by atoms with E-state index in [4.69, 9.17) is 4.74 Å². The van der Waals surface area contributed by atoms with Gasteiger partial charge >= 0.3 is 0 Å². The molecule has 0 aromatic carbocycles. The monoisotopic (exact) mass is 294 g/mol. The normalized spacial score (nSPS) is 34.0. The van der Waals surface area contributed by atoms with Crippen LogP contribution in [0.15, 0.2) is 0 Å². The Labute approximate surface area is 133 Å². The molecule has 2 fully saturated rings. The van der Waals surface area contributed by atoms with Crippen LogP contribution < -0.4 is 0 Å². The maximum atomic E-state index is 5.94. The van der Waals surface area contributed by atoms with Gasteiger partial charge in [0.2, 0.25) is 0 Å². The average Bonchev–Trinajstić information content (AvgIpc) is 2.54. The molecule has 0 unspecified atom stereocenters. The van der Waals surface area contributed by atoms with E-state index < -0.39 is 0 Å². The molecule has 2 aliphatic carbocycles. The molecule has 2 saturated carbocycles. The lowest BCUT2D eigenvalue weighted by molar-refractivity contribution is 0.00726. The molecule has 0 saturated heterocycles. The van der Waals surface area contributed by atoms with Gasteiger partial charge in [0.15, 0.2) is 0 Å². The number of unbranched alkanes of at least 4 members (excludes halogenated alkanes) is 2. The maximum Gasteiger partial charge on any atom is 0.0575 e. The Morgan fingerprint density at radius 1 is 0.714 bits per heavy atom. The highest BCUT2D eigenvalue weighted by Crippen LogP contribution is 2.41. The zero-order chi connectivity index (χ0) is 14.9. The zero-order valence-electron chi connectivity index (χ0n) is 14.6. The highest BCUT2D eigenvalue weighted by atomic mass is 16.5. The van der Waals surface area contributed by atoms with E-state index in [1.165, 1.54) is 83.5 Å². The van der Waals surface area contributed by atoms with E-state index in [0.717, 1.165) is 24.4 Å². The number of hydrogen-bond acceptors (Lipinski definition) is 1. The van der Waals surface area contributed by atoms with Gasteiger partial charge in [-0.05, 0) is 62.7 Å². The second kappa shape index (κ2) is 9.87. The van der Waals surface area contributed by atoms with Gasteiger partial charge in [-0.2, -0.15) is 0 Å². The smallest absolute Gasteiger partial charge is 0.0575 e.